The molecule has 0 aliphatic rings. The van der Waals surface area contributed by atoms with Crippen LogP contribution in [0.25, 0.3) is 10.6 Å². The Morgan fingerprint density at radius 2 is 1.95 bits per heavy atom. The van der Waals surface area contributed by atoms with Crippen LogP contribution in [0.4, 0.5) is 0 Å². The third kappa shape index (κ3) is 4.73. The van der Waals surface area contributed by atoms with Crippen LogP contribution in [0.1, 0.15) is 25.3 Å². The lowest BCUT2D eigenvalue weighted by atomic mass is 10.2. The molecule has 1 aromatic heterocycles. The van der Waals surface area contributed by atoms with E-state index >= 15 is 0 Å². The van der Waals surface area contributed by atoms with Crippen molar-refractivity contribution < 1.29 is 0 Å². The first-order valence-electron chi connectivity index (χ1n) is 6.84. The molecular weight excluding hydrogens is 254 g/mol. The fourth-order valence-corrected chi connectivity index (χ4v) is 2.69. The number of nitrogens with one attached hydrogen (secondary N) is 1. The number of hydrogen-bond donors (Lipinski definition) is 1. The number of rotatable bonds is 7. The Hall–Kier alpha value is -1.26. The standard InChI is InChI=1S/C15H21N3S/c1-12(2)11-16-10-6-9-14-17-18-15(19-14)13-7-4-3-5-8-13/h3-5,7-8,12,16H,6,9-11H2,1-2H3. The van der Waals surface area contributed by atoms with Gasteiger partial charge in [0.15, 0.2) is 0 Å². The summed E-state index contributed by atoms with van der Waals surface area (Å²) in [6.45, 7) is 6.59. The van der Waals surface area contributed by atoms with Crippen LogP contribution in [0.3, 0.4) is 0 Å². The first-order chi connectivity index (χ1) is 9.25. The predicted octanol–water partition coefficient (Wildman–Crippen LogP) is 3.38. The lowest BCUT2D eigenvalue weighted by Crippen LogP contribution is -2.21. The highest BCUT2D eigenvalue weighted by Gasteiger charge is 2.05. The van der Waals surface area contributed by atoms with Gasteiger partial charge in [-0.3, -0.25) is 0 Å². The van der Waals surface area contributed by atoms with Crippen molar-refractivity contribution in [1.29, 1.82) is 0 Å². The maximum atomic E-state index is 4.27. The normalized spacial score (nSPS) is 11.1. The summed E-state index contributed by atoms with van der Waals surface area (Å²) in [4.78, 5) is 0. The second-order valence-electron chi connectivity index (χ2n) is 5.07. The van der Waals surface area contributed by atoms with Gasteiger partial charge in [-0.15, -0.1) is 10.2 Å². The summed E-state index contributed by atoms with van der Waals surface area (Å²) in [6.07, 6.45) is 2.13. The van der Waals surface area contributed by atoms with Gasteiger partial charge in [-0.2, -0.15) is 0 Å². The zero-order chi connectivity index (χ0) is 13.5. The highest BCUT2D eigenvalue weighted by Crippen LogP contribution is 2.23. The first-order valence-corrected chi connectivity index (χ1v) is 7.66. The van der Waals surface area contributed by atoms with Crippen LogP contribution in [0.5, 0.6) is 0 Å². The van der Waals surface area contributed by atoms with Gasteiger partial charge < -0.3 is 5.32 Å². The van der Waals surface area contributed by atoms with Gasteiger partial charge in [0.1, 0.15) is 10.0 Å². The lowest BCUT2D eigenvalue weighted by Gasteiger charge is -2.05. The minimum atomic E-state index is 0.714. The Morgan fingerprint density at radius 3 is 2.68 bits per heavy atom. The summed E-state index contributed by atoms with van der Waals surface area (Å²) >= 11 is 1.70. The SMILES string of the molecule is CC(C)CNCCCc1nnc(-c2ccccc2)s1. The minimum absolute atomic E-state index is 0.714. The van der Waals surface area contributed by atoms with Crippen molar-refractivity contribution in [2.75, 3.05) is 13.1 Å². The molecule has 3 nitrogen and oxygen atoms in total. The van der Waals surface area contributed by atoms with Crippen LogP contribution in [0.2, 0.25) is 0 Å². The van der Waals surface area contributed by atoms with E-state index in [9.17, 15) is 0 Å². The van der Waals surface area contributed by atoms with Crippen molar-refractivity contribution in [3.63, 3.8) is 0 Å². The van der Waals surface area contributed by atoms with E-state index in [2.05, 4.69) is 41.5 Å². The highest BCUT2D eigenvalue weighted by atomic mass is 32.1. The van der Waals surface area contributed by atoms with E-state index in [0.717, 1.165) is 41.5 Å². The number of benzene rings is 1. The van der Waals surface area contributed by atoms with E-state index in [-0.39, 0.29) is 0 Å². The Balaban J connectivity index is 1.78. The van der Waals surface area contributed by atoms with E-state index in [1.54, 1.807) is 11.3 Å². The van der Waals surface area contributed by atoms with Crippen molar-refractivity contribution in [1.82, 2.24) is 15.5 Å². The van der Waals surface area contributed by atoms with Crippen molar-refractivity contribution in [2.45, 2.75) is 26.7 Å². The summed E-state index contributed by atoms with van der Waals surface area (Å²) in [6, 6.07) is 10.2. The van der Waals surface area contributed by atoms with Crippen LogP contribution < -0.4 is 5.32 Å². The molecule has 0 saturated heterocycles. The maximum absolute atomic E-state index is 4.27. The zero-order valence-electron chi connectivity index (χ0n) is 11.6. The Kier molecular flexibility index (Phi) is 5.48. The van der Waals surface area contributed by atoms with E-state index in [4.69, 9.17) is 0 Å². The fourth-order valence-electron chi connectivity index (χ4n) is 1.81. The van der Waals surface area contributed by atoms with Crippen LogP contribution in [-0.4, -0.2) is 23.3 Å². The molecule has 0 aliphatic heterocycles. The monoisotopic (exact) mass is 275 g/mol. The van der Waals surface area contributed by atoms with Gasteiger partial charge in [0, 0.05) is 12.0 Å². The molecule has 1 aromatic carbocycles. The van der Waals surface area contributed by atoms with Crippen LogP contribution in [-0.2, 0) is 6.42 Å². The second kappa shape index (κ2) is 7.36. The van der Waals surface area contributed by atoms with E-state index in [1.165, 1.54) is 0 Å². The molecule has 4 heteroatoms. The van der Waals surface area contributed by atoms with Gasteiger partial charge in [0.05, 0.1) is 0 Å². The molecule has 0 saturated carbocycles. The molecule has 2 aromatic rings. The van der Waals surface area contributed by atoms with Gasteiger partial charge in [-0.25, -0.2) is 0 Å². The number of aryl methyl sites for hydroxylation is 1. The van der Waals surface area contributed by atoms with Gasteiger partial charge in [0.25, 0.3) is 0 Å². The molecule has 0 aliphatic carbocycles. The van der Waals surface area contributed by atoms with Crippen molar-refractivity contribution in [3.05, 3.63) is 35.3 Å². The maximum Gasteiger partial charge on any atom is 0.147 e. The molecule has 2 rings (SSSR count). The summed E-state index contributed by atoms with van der Waals surface area (Å²) in [5, 5.41) is 14.1. The molecule has 0 fully saturated rings. The van der Waals surface area contributed by atoms with E-state index in [0.29, 0.717) is 5.92 Å². The van der Waals surface area contributed by atoms with Crippen molar-refractivity contribution in [2.24, 2.45) is 5.92 Å². The summed E-state index contributed by atoms with van der Waals surface area (Å²) in [7, 11) is 0. The third-order valence-electron chi connectivity index (χ3n) is 2.78. The molecule has 0 unspecified atom stereocenters. The van der Waals surface area contributed by atoms with Crippen molar-refractivity contribution >= 4 is 11.3 Å². The average Bonchev–Trinajstić information content (AvgIpc) is 2.88. The largest absolute Gasteiger partial charge is 0.316 e. The molecule has 0 spiro atoms. The third-order valence-corrected chi connectivity index (χ3v) is 3.82. The average molecular weight is 275 g/mol. The zero-order valence-corrected chi connectivity index (χ0v) is 12.4. The smallest absolute Gasteiger partial charge is 0.147 e. The van der Waals surface area contributed by atoms with Gasteiger partial charge >= 0.3 is 0 Å². The molecular formula is C15H21N3S. The van der Waals surface area contributed by atoms with Crippen LogP contribution in [0.15, 0.2) is 30.3 Å². The molecule has 19 heavy (non-hydrogen) atoms. The topological polar surface area (TPSA) is 37.8 Å². The van der Waals surface area contributed by atoms with Crippen LogP contribution in [0, 0.1) is 5.92 Å². The molecule has 1 N–H and O–H groups in total. The minimum Gasteiger partial charge on any atom is -0.316 e. The Labute approximate surface area is 119 Å². The molecule has 0 radical (unpaired) electrons. The van der Waals surface area contributed by atoms with Gasteiger partial charge in [0.2, 0.25) is 0 Å². The molecule has 0 atom stereocenters. The summed E-state index contributed by atoms with van der Waals surface area (Å²) < 4.78 is 0. The number of aromatic nitrogens is 2. The van der Waals surface area contributed by atoms with Gasteiger partial charge in [-0.1, -0.05) is 55.5 Å². The first kappa shape index (κ1) is 14.2. The highest BCUT2D eigenvalue weighted by molar-refractivity contribution is 7.14. The fraction of sp³-hybridized carbons (Fsp3) is 0.467. The molecule has 102 valence electrons. The predicted molar refractivity (Wildman–Crippen MR) is 81.4 cm³/mol. The van der Waals surface area contributed by atoms with Crippen LogP contribution >= 0.6 is 11.3 Å². The molecule has 1 heterocycles. The number of nitrogens with zero attached hydrogens (tertiary/aromatic N) is 2. The Bertz CT molecular complexity index is 479. The summed E-state index contributed by atoms with van der Waals surface area (Å²) in [5.74, 6) is 0.714. The van der Waals surface area contributed by atoms with Crippen molar-refractivity contribution in [3.8, 4) is 10.6 Å². The van der Waals surface area contributed by atoms with E-state index in [1.807, 2.05) is 18.2 Å². The summed E-state index contributed by atoms with van der Waals surface area (Å²) in [5.41, 5.74) is 1.16. The lowest BCUT2D eigenvalue weighted by molar-refractivity contribution is 0.542. The quantitative estimate of drug-likeness (QED) is 0.787. The molecule has 0 amide bonds. The Morgan fingerprint density at radius 1 is 1.16 bits per heavy atom. The molecule has 0 bridgehead atoms. The van der Waals surface area contributed by atoms with Gasteiger partial charge in [-0.05, 0) is 25.4 Å². The van der Waals surface area contributed by atoms with E-state index < -0.39 is 0 Å². The number of hydrogen-bond acceptors (Lipinski definition) is 4. The second-order valence-corrected chi connectivity index (χ2v) is 6.13.